The Morgan fingerprint density at radius 3 is 2.65 bits per heavy atom. The average Bonchev–Trinajstić information content (AvgIpc) is 2.83. The molecule has 0 saturated heterocycles. The number of nitrogens with one attached hydrogen (secondary N) is 1. The predicted molar refractivity (Wildman–Crippen MR) is 129 cm³/mol. The van der Waals surface area contributed by atoms with E-state index in [1.54, 1.807) is 24.3 Å². The largest absolute Gasteiger partial charge is 0.490 e. The Hall–Kier alpha value is -4.00. The van der Waals surface area contributed by atoms with Gasteiger partial charge in [-0.15, -0.1) is 0 Å². The third-order valence-corrected chi connectivity index (χ3v) is 6.18. The zero-order chi connectivity index (χ0) is 23.5. The minimum atomic E-state index is -1.01. The highest BCUT2D eigenvalue weighted by Crippen LogP contribution is 2.31. The molecule has 5 rings (SSSR count). The molecule has 0 bridgehead atoms. The first-order chi connectivity index (χ1) is 16.6. The highest BCUT2D eigenvalue weighted by atomic mass is 19.1. The number of carbonyl (C=O) groups is 1. The van der Waals surface area contributed by atoms with Crippen LogP contribution in [0.4, 0.5) is 10.2 Å². The second kappa shape index (κ2) is 9.47. The van der Waals surface area contributed by atoms with Crippen LogP contribution in [0.3, 0.4) is 0 Å². The van der Waals surface area contributed by atoms with E-state index in [4.69, 9.17) is 4.74 Å². The van der Waals surface area contributed by atoms with Crippen LogP contribution in [0.25, 0.3) is 22.0 Å². The van der Waals surface area contributed by atoms with E-state index in [9.17, 15) is 14.3 Å². The molecule has 0 amide bonds. The summed E-state index contributed by atoms with van der Waals surface area (Å²) >= 11 is 0. The van der Waals surface area contributed by atoms with Crippen LogP contribution < -0.4 is 10.1 Å². The Morgan fingerprint density at radius 1 is 1.06 bits per heavy atom. The van der Waals surface area contributed by atoms with Crippen LogP contribution >= 0.6 is 0 Å². The van der Waals surface area contributed by atoms with Gasteiger partial charge in [0.1, 0.15) is 29.3 Å². The molecule has 0 aliphatic heterocycles. The molecule has 1 heterocycles. The summed E-state index contributed by atoms with van der Waals surface area (Å²) < 4.78 is 20.0. The van der Waals surface area contributed by atoms with Crippen molar-refractivity contribution in [3.63, 3.8) is 0 Å². The molecule has 1 fully saturated rings. The van der Waals surface area contributed by atoms with Gasteiger partial charge in [-0.3, -0.25) is 0 Å². The summed E-state index contributed by atoms with van der Waals surface area (Å²) in [7, 11) is 0. The molecule has 1 aromatic heterocycles. The smallest absolute Gasteiger partial charge is 0.339 e. The Kier molecular flexibility index (Phi) is 6.08. The Bertz CT molecular complexity index is 1350. The number of benzene rings is 3. The van der Waals surface area contributed by atoms with E-state index in [-0.39, 0.29) is 17.5 Å². The first-order valence-electron chi connectivity index (χ1n) is 11.3. The standard InChI is InChI=1S/C27H24FN3O3/c28-23-11-9-17(20-6-1-2-7-21(20)23)12-13-29-26-15-24(30-16-31-26)18-8-10-22(27(32)33)25(14-18)34-19-4-3-5-19/h1-2,6-11,14-16,19H,3-5,12-13H2,(H,32,33)(H,29,30,31). The number of anilines is 1. The monoisotopic (exact) mass is 457 g/mol. The van der Waals surface area contributed by atoms with Crippen LogP contribution in [0.5, 0.6) is 5.75 Å². The minimum Gasteiger partial charge on any atom is -0.490 e. The Labute approximate surface area is 196 Å². The molecule has 0 atom stereocenters. The van der Waals surface area contributed by atoms with E-state index in [0.29, 0.717) is 35.6 Å². The van der Waals surface area contributed by atoms with Crippen molar-refractivity contribution in [1.29, 1.82) is 0 Å². The van der Waals surface area contributed by atoms with Crippen LogP contribution in [-0.4, -0.2) is 33.7 Å². The van der Waals surface area contributed by atoms with E-state index in [1.165, 1.54) is 12.4 Å². The topological polar surface area (TPSA) is 84.3 Å². The predicted octanol–water partition coefficient (Wildman–Crippen LogP) is 5.72. The van der Waals surface area contributed by atoms with E-state index in [2.05, 4.69) is 15.3 Å². The molecule has 3 aromatic carbocycles. The summed E-state index contributed by atoms with van der Waals surface area (Å²) in [6.07, 6.45) is 5.22. The SMILES string of the molecule is O=C(O)c1ccc(-c2cc(NCCc3ccc(F)c4ccccc34)ncn2)cc1OC1CCC1. The third kappa shape index (κ3) is 4.55. The number of aromatic carboxylic acids is 1. The first kappa shape index (κ1) is 21.8. The normalized spacial score (nSPS) is 13.4. The van der Waals surface area contributed by atoms with Crippen LogP contribution in [0.15, 0.2) is 67.0 Å². The molecule has 1 aliphatic carbocycles. The van der Waals surface area contributed by atoms with Gasteiger partial charge in [0.2, 0.25) is 0 Å². The lowest BCUT2D eigenvalue weighted by Crippen LogP contribution is -2.25. The van der Waals surface area contributed by atoms with Crippen LogP contribution in [0.1, 0.15) is 35.2 Å². The van der Waals surface area contributed by atoms with E-state index in [0.717, 1.165) is 35.8 Å². The minimum absolute atomic E-state index is 0.0681. The van der Waals surface area contributed by atoms with Gasteiger partial charge in [0.05, 0.1) is 11.8 Å². The Balaban J connectivity index is 1.32. The van der Waals surface area contributed by atoms with Gasteiger partial charge in [0.15, 0.2) is 0 Å². The Morgan fingerprint density at radius 2 is 1.88 bits per heavy atom. The number of nitrogens with zero attached hydrogens (tertiary/aromatic N) is 2. The quantitative estimate of drug-likeness (QED) is 0.352. The summed E-state index contributed by atoms with van der Waals surface area (Å²) in [5.41, 5.74) is 2.63. The second-order valence-corrected chi connectivity index (χ2v) is 8.40. The zero-order valence-corrected chi connectivity index (χ0v) is 18.5. The number of halogens is 1. The van der Waals surface area contributed by atoms with Gasteiger partial charge in [-0.25, -0.2) is 19.2 Å². The molecule has 0 spiro atoms. The summed E-state index contributed by atoms with van der Waals surface area (Å²) in [4.78, 5) is 20.3. The molecule has 2 N–H and O–H groups in total. The van der Waals surface area contributed by atoms with Gasteiger partial charge in [0.25, 0.3) is 0 Å². The van der Waals surface area contributed by atoms with E-state index in [1.807, 2.05) is 30.3 Å². The van der Waals surface area contributed by atoms with Crippen molar-refractivity contribution in [1.82, 2.24) is 9.97 Å². The number of aromatic nitrogens is 2. The number of hydrogen-bond acceptors (Lipinski definition) is 5. The molecular formula is C27H24FN3O3. The van der Waals surface area contributed by atoms with E-state index >= 15 is 0 Å². The number of hydrogen-bond donors (Lipinski definition) is 2. The molecule has 6 nitrogen and oxygen atoms in total. The van der Waals surface area contributed by atoms with Crippen molar-refractivity contribution >= 4 is 22.6 Å². The average molecular weight is 458 g/mol. The molecule has 4 aromatic rings. The molecule has 0 radical (unpaired) electrons. The van der Waals surface area contributed by atoms with Crippen molar-refractivity contribution < 1.29 is 19.0 Å². The number of fused-ring (bicyclic) bond motifs is 1. The summed E-state index contributed by atoms with van der Waals surface area (Å²) in [5, 5.41) is 14.3. The maximum Gasteiger partial charge on any atom is 0.339 e. The van der Waals surface area contributed by atoms with Gasteiger partial charge in [-0.1, -0.05) is 36.4 Å². The van der Waals surface area contributed by atoms with Crippen LogP contribution in [0, 0.1) is 5.82 Å². The number of ether oxygens (including phenoxy) is 1. The number of carboxylic acids is 1. The molecular weight excluding hydrogens is 433 g/mol. The fraction of sp³-hybridized carbons (Fsp3) is 0.222. The third-order valence-electron chi connectivity index (χ3n) is 6.18. The number of carboxylic acid groups (broad SMARTS) is 1. The number of rotatable bonds is 8. The van der Waals surface area contributed by atoms with Gasteiger partial charge < -0.3 is 15.2 Å². The second-order valence-electron chi connectivity index (χ2n) is 8.40. The molecule has 7 heteroatoms. The van der Waals surface area contributed by atoms with Crippen molar-refractivity contribution in [3.8, 4) is 17.0 Å². The highest BCUT2D eigenvalue weighted by Gasteiger charge is 2.22. The van der Waals surface area contributed by atoms with Gasteiger partial charge in [-0.2, -0.15) is 0 Å². The highest BCUT2D eigenvalue weighted by molar-refractivity contribution is 5.92. The van der Waals surface area contributed by atoms with Crippen molar-refractivity contribution in [2.75, 3.05) is 11.9 Å². The fourth-order valence-electron chi connectivity index (χ4n) is 4.10. The first-order valence-corrected chi connectivity index (χ1v) is 11.3. The fourth-order valence-corrected chi connectivity index (χ4v) is 4.10. The van der Waals surface area contributed by atoms with Gasteiger partial charge >= 0.3 is 5.97 Å². The van der Waals surface area contributed by atoms with Crippen molar-refractivity contribution in [2.45, 2.75) is 31.8 Å². The molecule has 1 aliphatic rings. The molecule has 1 saturated carbocycles. The van der Waals surface area contributed by atoms with Crippen LogP contribution in [-0.2, 0) is 6.42 Å². The summed E-state index contributed by atoms with van der Waals surface area (Å²) in [5.74, 6) is -0.215. The maximum atomic E-state index is 14.1. The molecule has 172 valence electrons. The summed E-state index contributed by atoms with van der Waals surface area (Å²) in [6, 6.07) is 17.6. The lowest BCUT2D eigenvalue weighted by Gasteiger charge is -2.27. The van der Waals surface area contributed by atoms with Gasteiger partial charge in [-0.05, 0) is 54.8 Å². The van der Waals surface area contributed by atoms with E-state index < -0.39 is 5.97 Å². The zero-order valence-electron chi connectivity index (χ0n) is 18.5. The van der Waals surface area contributed by atoms with Crippen molar-refractivity contribution in [3.05, 3.63) is 83.9 Å². The molecule has 0 unspecified atom stereocenters. The lowest BCUT2D eigenvalue weighted by atomic mass is 9.96. The summed E-state index contributed by atoms with van der Waals surface area (Å²) in [6.45, 7) is 0.611. The molecule has 34 heavy (non-hydrogen) atoms. The lowest BCUT2D eigenvalue weighted by molar-refractivity contribution is 0.0680. The van der Waals surface area contributed by atoms with Crippen LogP contribution in [0.2, 0.25) is 0 Å². The van der Waals surface area contributed by atoms with Crippen molar-refractivity contribution in [2.24, 2.45) is 0 Å². The maximum absolute atomic E-state index is 14.1. The van der Waals surface area contributed by atoms with Gasteiger partial charge in [0, 0.05) is 23.6 Å².